The molecule has 1 saturated carbocycles. The highest BCUT2D eigenvalue weighted by Crippen LogP contribution is 2.35. The fourth-order valence-electron chi connectivity index (χ4n) is 3.32. The summed E-state index contributed by atoms with van der Waals surface area (Å²) < 4.78 is 5.86. The predicted molar refractivity (Wildman–Crippen MR) is 65.8 cm³/mol. The zero-order valence-corrected chi connectivity index (χ0v) is 10.6. The van der Waals surface area contributed by atoms with E-state index in [1.165, 1.54) is 32.1 Å². The van der Waals surface area contributed by atoms with Crippen LogP contribution in [0.2, 0.25) is 0 Å². The number of nitrogens with one attached hydrogen (secondary N) is 1. The quantitative estimate of drug-likeness (QED) is 0.572. The van der Waals surface area contributed by atoms with Crippen LogP contribution in [0.1, 0.15) is 46.0 Å². The Bertz CT molecular complexity index is 214. The van der Waals surface area contributed by atoms with Gasteiger partial charge in [0, 0.05) is 6.61 Å². The molecule has 3 N–H and O–H groups in total. The maximum atomic E-state index is 5.86. The van der Waals surface area contributed by atoms with Gasteiger partial charge in [0.15, 0.2) is 0 Å². The van der Waals surface area contributed by atoms with E-state index in [0.29, 0.717) is 24.0 Å². The molecule has 2 aliphatic rings. The Kier molecular flexibility index (Phi) is 4.22. The van der Waals surface area contributed by atoms with Crippen molar-refractivity contribution in [1.82, 2.24) is 5.43 Å². The lowest BCUT2D eigenvalue weighted by atomic mass is 9.76. The number of hydrogen-bond acceptors (Lipinski definition) is 3. The molecule has 3 atom stereocenters. The molecule has 0 aromatic rings. The highest BCUT2D eigenvalue weighted by Gasteiger charge is 2.37. The Labute approximate surface area is 99.1 Å². The van der Waals surface area contributed by atoms with Gasteiger partial charge in [0.2, 0.25) is 0 Å². The van der Waals surface area contributed by atoms with E-state index in [9.17, 15) is 0 Å². The summed E-state index contributed by atoms with van der Waals surface area (Å²) in [6.07, 6.45) is 6.84. The minimum atomic E-state index is 0.336. The summed E-state index contributed by atoms with van der Waals surface area (Å²) in [4.78, 5) is 0. The Hall–Kier alpha value is -0.120. The van der Waals surface area contributed by atoms with Crippen molar-refractivity contribution in [2.45, 2.75) is 58.1 Å². The Balaban J connectivity index is 1.93. The molecular formula is C13H26N2O. The van der Waals surface area contributed by atoms with Crippen molar-refractivity contribution in [3.05, 3.63) is 0 Å². The van der Waals surface area contributed by atoms with Gasteiger partial charge < -0.3 is 4.74 Å². The largest absolute Gasteiger partial charge is 0.376 e. The third-order valence-corrected chi connectivity index (χ3v) is 4.56. The fraction of sp³-hybridized carbons (Fsp3) is 1.00. The first-order valence-electron chi connectivity index (χ1n) is 6.80. The number of rotatable bonds is 3. The average molecular weight is 226 g/mol. The van der Waals surface area contributed by atoms with E-state index >= 15 is 0 Å². The van der Waals surface area contributed by atoms with E-state index in [0.717, 1.165) is 12.5 Å². The number of hydrazine groups is 1. The van der Waals surface area contributed by atoms with Crippen LogP contribution in [0.3, 0.4) is 0 Å². The lowest BCUT2D eigenvalue weighted by Gasteiger charge is -2.36. The minimum Gasteiger partial charge on any atom is -0.376 e. The van der Waals surface area contributed by atoms with Gasteiger partial charge in [-0.2, -0.15) is 0 Å². The van der Waals surface area contributed by atoms with Gasteiger partial charge in [-0.15, -0.1) is 0 Å². The van der Waals surface area contributed by atoms with Gasteiger partial charge >= 0.3 is 0 Å². The van der Waals surface area contributed by atoms with Crippen molar-refractivity contribution in [3.63, 3.8) is 0 Å². The molecule has 0 aromatic carbocycles. The van der Waals surface area contributed by atoms with Crippen molar-refractivity contribution >= 4 is 0 Å². The third-order valence-electron chi connectivity index (χ3n) is 4.56. The molecule has 0 amide bonds. The van der Waals surface area contributed by atoms with Crippen LogP contribution < -0.4 is 11.3 Å². The highest BCUT2D eigenvalue weighted by atomic mass is 16.5. The molecule has 1 aliphatic heterocycles. The summed E-state index contributed by atoms with van der Waals surface area (Å²) in [6, 6.07) is 0.366. The topological polar surface area (TPSA) is 47.3 Å². The maximum absolute atomic E-state index is 5.86. The number of hydrogen-bond donors (Lipinski definition) is 2. The average Bonchev–Trinajstić information content (AvgIpc) is 2.69. The smallest absolute Gasteiger partial charge is 0.0770 e. The van der Waals surface area contributed by atoms with Crippen LogP contribution in [0.15, 0.2) is 0 Å². The first-order chi connectivity index (χ1) is 7.72. The van der Waals surface area contributed by atoms with Crippen molar-refractivity contribution in [2.75, 3.05) is 6.61 Å². The monoisotopic (exact) mass is 226 g/mol. The summed E-state index contributed by atoms with van der Waals surface area (Å²) in [5.74, 6) is 8.02. The van der Waals surface area contributed by atoms with Crippen LogP contribution in [0.5, 0.6) is 0 Å². The Morgan fingerprint density at radius 1 is 1.12 bits per heavy atom. The normalized spacial score (nSPS) is 42.2. The molecule has 3 heteroatoms. The summed E-state index contributed by atoms with van der Waals surface area (Å²) in [5, 5.41) is 0. The molecule has 94 valence electrons. The van der Waals surface area contributed by atoms with Gasteiger partial charge in [-0.25, -0.2) is 0 Å². The highest BCUT2D eigenvalue weighted by molar-refractivity contribution is 4.90. The Morgan fingerprint density at radius 2 is 1.81 bits per heavy atom. The van der Waals surface area contributed by atoms with Gasteiger partial charge in [0.25, 0.3) is 0 Å². The molecule has 2 rings (SSSR count). The molecule has 3 nitrogen and oxygen atoms in total. The van der Waals surface area contributed by atoms with Crippen LogP contribution in [-0.2, 0) is 4.74 Å². The van der Waals surface area contributed by atoms with Crippen LogP contribution in [0.4, 0.5) is 0 Å². The van der Waals surface area contributed by atoms with Crippen LogP contribution in [0, 0.1) is 17.8 Å². The van der Waals surface area contributed by atoms with Crippen molar-refractivity contribution in [3.8, 4) is 0 Å². The SMILES string of the molecule is CC1CCC(C(NN)C2OCCC2C)CC1. The molecule has 0 bridgehead atoms. The summed E-state index contributed by atoms with van der Waals surface area (Å²) in [6.45, 7) is 5.55. The van der Waals surface area contributed by atoms with Crippen molar-refractivity contribution in [2.24, 2.45) is 23.6 Å². The van der Waals surface area contributed by atoms with Crippen molar-refractivity contribution in [1.29, 1.82) is 0 Å². The first kappa shape index (κ1) is 12.3. The second kappa shape index (κ2) is 5.48. The van der Waals surface area contributed by atoms with Gasteiger partial charge in [-0.05, 0) is 37.0 Å². The molecule has 3 unspecified atom stereocenters. The molecule has 0 aromatic heterocycles. The molecule has 1 heterocycles. The van der Waals surface area contributed by atoms with Crippen molar-refractivity contribution < 1.29 is 4.74 Å². The predicted octanol–water partition coefficient (Wildman–Crippen LogP) is 2.07. The molecule has 2 fully saturated rings. The third kappa shape index (κ3) is 2.58. The van der Waals surface area contributed by atoms with E-state index < -0.39 is 0 Å². The molecule has 1 aliphatic carbocycles. The lowest BCUT2D eigenvalue weighted by molar-refractivity contribution is 0.0303. The minimum absolute atomic E-state index is 0.336. The summed E-state index contributed by atoms with van der Waals surface area (Å²) >= 11 is 0. The zero-order chi connectivity index (χ0) is 11.5. The van der Waals surface area contributed by atoms with Gasteiger partial charge in [0.05, 0.1) is 12.1 Å². The zero-order valence-electron chi connectivity index (χ0n) is 10.6. The van der Waals surface area contributed by atoms with Crippen LogP contribution in [0.25, 0.3) is 0 Å². The van der Waals surface area contributed by atoms with Gasteiger partial charge in [-0.3, -0.25) is 11.3 Å². The molecule has 1 saturated heterocycles. The first-order valence-corrected chi connectivity index (χ1v) is 6.80. The van der Waals surface area contributed by atoms with E-state index in [2.05, 4.69) is 19.3 Å². The standard InChI is InChI=1S/C13H26N2O/c1-9-3-5-11(6-4-9)12(15-14)13-10(2)7-8-16-13/h9-13,15H,3-8,14H2,1-2H3. The molecule has 16 heavy (non-hydrogen) atoms. The molecule has 0 spiro atoms. The lowest BCUT2D eigenvalue weighted by Crippen LogP contribution is -2.51. The maximum Gasteiger partial charge on any atom is 0.0770 e. The fourth-order valence-corrected chi connectivity index (χ4v) is 3.32. The number of nitrogens with two attached hydrogens (primary N) is 1. The van der Waals surface area contributed by atoms with E-state index in [-0.39, 0.29) is 0 Å². The molecular weight excluding hydrogens is 200 g/mol. The van der Waals surface area contributed by atoms with E-state index in [1.807, 2.05) is 0 Å². The van der Waals surface area contributed by atoms with E-state index in [4.69, 9.17) is 10.6 Å². The second-order valence-electron chi connectivity index (χ2n) is 5.81. The van der Waals surface area contributed by atoms with E-state index in [1.54, 1.807) is 0 Å². The van der Waals surface area contributed by atoms with Crippen LogP contribution >= 0.6 is 0 Å². The van der Waals surface area contributed by atoms with Gasteiger partial charge in [0.1, 0.15) is 0 Å². The number of ether oxygens (including phenoxy) is 1. The van der Waals surface area contributed by atoms with Crippen LogP contribution in [-0.4, -0.2) is 18.8 Å². The second-order valence-corrected chi connectivity index (χ2v) is 5.81. The van der Waals surface area contributed by atoms with Gasteiger partial charge in [-0.1, -0.05) is 26.7 Å². The summed E-state index contributed by atoms with van der Waals surface area (Å²) in [5.41, 5.74) is 3.03. The summed E-state index contributed by atoms with van der Waals surface area (Å²) in [7, 11) is 0. The Morgan fingerprint density at radius 3 is 2.31 bits per heavy atom. The molecule has 0 radical (unpaired) electrons.